The number of hydrogen-bond donors (Lipinski definition) is 2. The third kappa shape index (κ3) is 4.31. The molecular formula is C19H20ClN3O2. The van der Waals surface area contributed by atoms with Gasteiger partial charge in [-0.2, -0.15) is 0 Å². The molecule has 2 atom stereocenters. The number of nitrogens with one attached hydrogen (secondary N) is 2. The fraction of sp³-hybridized carbons (Fsp3) is 0.263. The van der Waals surface area contributed by atoms with Gasteiger partial charge in [0.05, 0.1) is 12.1 Å². The number of hydrogen-bond acceptors (Lipinski definition) is 2. The van der Waals surface area contributed by atoms with Gasteiger partial charge in [0.2, 0.25) is 5.91 Å². The van der Waals surface area contributed by atoms with Crippen molar-refractivity contribution < 1.29 is 9.59 Å². The number of nitrogens with zero attached hydrogens (tertiary/aromatic N) is 1. The number of amides is 3. The van der Waals surface area contributed by atoms with Gasteiger partial charge in [0.1, 0.15) is 0 Å². The lowest BCUT2D eigenvalue weighted by atomic mass is 10.1. The van der Waals surface area contributed by atoms with Crippen LogP contribution in [0.3, 0.4) is 0 Å². The van der Waals surface area contributed by atoms with E-state index in [0.29, 0.717) is 23.7 Å². The van der Waals surface area contributed by atoms with Gasteiger partial charge in [-0.1, -0.05) is 41.9 Å². The Kier molecular flexibility index (Phi) is 5.24. The Hall–Kier alpha value is -2.53. The quantitative estimate of drug-likeness (QED) is 0.873. The van der Waals surface area contributed by atoms with Gasteiger partial charge in [-0.3, -0.25) is 4.79 Å². The topological polar surface area (TPSA) is 61.4 Å². The van der Waals surface area contributed by atoms with Gasteiger partial charge in [0.15, 0.2) is 0 Å². The summed E-state index contributed by atoms with van der Waals surface area (Å²) in [6, 6.07) is 16.2. The first-order valence-corrected chi connectivity index (χ1v) is 8.58. The van der Waals surface area contributed by atoms with Crippen LogP contribution in [-0.4, -0.2) is 29.4 Å². The monoisotopic (exact) mass is 357 g/mol. The number of carbonyl (C=O) groups is 2. The summed E-state index contributed by atoms with van der Waals surface area (Å²) in [6.07, 6.45) is 0.311. The van der Waals surface area contributed by atoms with E-state index >= 15 is 0 Å². The summed E-state index contributed by atoms with van der Waals surface area (Å²) >= 11 is 5.83. The van der Waals surface area contributed by atoms with Crippen LogP contribution in [0.5, 0.6) is 0 Å². The molecule has 0 aromatic heterocycles. The normalized spacial score (nSPS) is 18.1. The molecule has 1 aliphatic rings. The zero-order chi connectivity index (χ0) is 17.8. The van der Waals surface area contributed by atoms with Gasteiger partial charge in [-0.25, -0.2) is 4.79 Å². The highest BCUT2D eigenvalue weighted by atomic mass is 35.5. The highest BCUT2D eigenvalue weighted by Gasteiger charge is 2.33. The molecule has 5 nitrogen and oxygen atoms in total. The summed E-state index contributed by atoms with van der Waals surface area (Å²) < 4.78 is 0. The molecule has 1 aliphatic heterocycles. The maximum absolute atomic E-state index is 12.3. The van der Waals surface area contributed by atoms with Gasteiger partial charge in [-0.15, -0.1) is 0 Å². The van der Waals surface area contributed by atoms with Gasteiger partial charge < -0.3 is 15.5 Å². The second-order valence-corrected chi connectivity index (χ2v) is 6.58. The number of anilines is 1. The molecule has 1 saturated heterocycles. The SMILES string of the molecule is CC(c1ccccc1)N1CC(NC(=O)Nc2ccc(Cl)cc2)CC1=O. The predicted molar refractivity (Wildman–Crippen MR) is 98.6 cm³/mol. The molecule has 0 bridgehead atoms. The molecule has 1 heterocycles. The zero-order valence-electron chi connectivity index (χ0n) is 13.9. The lowest BCUT2D eigenvalue weighted by Gasteiger charge is -2.25. The molecule has 0 saturated carbocycles. The predicted octanol–water partition coefficient (Wildman–Crippen LogP) is 3.82. The molecule has 1 fully saturated rings. The Bertz CT molecular complexity index is 749. The summed E-state index contributed by atoms with van der Waals surface area (Å²) in [5.41, 5.74) is 1.74. The number of urea groups is 1. The first kappa shape index (κ1) is 17.3. The maximum Gasteiger partial charge on any atom is 0.319 e. The van der Waals surface area contributed by atoms with Crippen LogP contribution in [0.4, 0.5) is 10.5 Å². The highest BCUT2D eigenvalue weighted by molar-refractivity contribution is 6.30. The van der Waals surface area contributed by atoms with Crippen LogP contribution in [0.1, 0.15) is 24.9 Å². The molecule has 2 aromatic rings. The van der Waals surface area contributed by atoms with E-state index in [1.807, 2.05) is 42.2 Å². The van der Waals surface area contributed by atoms with Gasteiger partial charge in [0.25, 0.3) is 0 Å². The second kappa shape index (κ2) is 7.57. The Morgan fingerprint density at radius 2 is 1.84 bits per heavy atom. The second-order valence-electron chi connectivity index (χ2n) is 6.14. The van der Waals surface area contributed by atoms with Crippen molar-refractivity contribution in [3.05, 3.63) is 65.2 Å². The Labute approximate surface area is 152 Å². The van der Waals surface area contributed by atoms with E-state index < -0.39 is 0 Å². The van der Waals surface area contributed by atoms with Crippen molar-refractivity contribution in [2.75, 3.05) is 11.9 Å². The molecule has 3 rings (SSSR count). The maximum atomic E-state index is 12.3. The van der Waals surface area contributed by atoms with Crippen molar-refractivity contribution >= 4 is 29.2 Å². The molecule has 0 aliphatic carbocycles. The molecule has 6 heteroatoms. The summed E-state index contributed by atoms with van der Waals surface area (Å²) in [4.78, 5) is 26.2. The van der Waals surface area contributed by atoms with Crippen LogP contribution in [0.2, 0.25) is 5.02 Å². The number of likely N-dealkylation sites (tertiary alicyclic amines) is 1. The van der Waals surface area contributed by atoms with Gasteiger partial charge in [0, 0.05) is 23.7 Å². The van der Waals surface area contributed by atoms with Crippen LogP contribution in [0.25, 0.3) is 0 Å². The minimum atomic E-state index is -0.325. The van der Waals surface area contributed by atoms with Crippen molar-refractivity contribution in [1.29, 1.82) is 0 Å². The van der Waals surface area contributed by atoms with E-state index in [1.165, 1.54) is 0 Å². The van der Waals surface area contributed by atoms with E-state index in [0.717, 1.165) is 5.56 Å². The minimum Gasteiger partial charge on any atom is -0.334 e. The fourth-order valence-electron chi connectivity index (χ4n) is 3.00. The Balaban J connectivity index is 1.57. The number of carbonyl (C=O) groups excluding carboxylic acids is 2. The Morgan fingerprint density at radius 1 is 1.16 bits per heavy atom. The molecule has 130 valence electrons. The van der Waals surface area contributed by atoms with Crippen molar-refractivity contribution in [1.82, 2.24) is 10.2 Å². The molecule has 3 amide bonds. The van der Waals surface area contributed by atoms with Crippen LogP contribution in [0, 0.1) is 0 Å². The van der Waals surface area contributed by atoms with Crippen LogP contribution >= 0.6 is 11.6 Å². The van der Waals surface area contributed by atoms with Crippen LogP contribution in [-0.2, 0) is 4.79 Å². The van der Waals surface area contributed by atoms with Gasteiger partial charge >= 0.3 is 6.03 Å². The highest BCUT2D eigenvalue weighted by Crippen LogP contribution is 2.25. The summed E-state index contributed by atoms with van der Waals surface area (Å²) in [5, 5.41) is 6.22. The molecule has 0 spiro atoms. The molecular weight excluding hydrogens is 338 g/mol. The van der Waals surface area contributed by atoms with Crippen LogP contribution < -0.4 is 10.6 Å². The largest absolute Gasteiger partial charge is 0.334 e. The lowest BCUT2D eigenvalue weighted by Crippen LogP contribution is -2.40. The zero-order valence-corrected chi connectivity index (χ0v) is 14.7. The lowest BCUT2D eigenvalue weighted by molar-refractivity contribution is -0.129. The van der Waals surface area contributed by atoms with E-state index in [-0.39, 0.29) is 24.0 Å². The van der Waals surface area contributed by atoms with E-state index in [1.54, 1.807) is 24.3 Å². The van der Waals surface area contributed by atoms with Crippen molar-refractivity contribution in [3.63, 3.8) is 0 Å². The summed E-state index contributed by atoms with van der Waals surface area (Å²) in [7, 11) is 0. The third-order valence-electron chi connectivity index (χ3n) is 4.35. The van der Waals surface area contributed by atoms with Crippen molar-refractivity contribution in [2.24, 2.45) is 0 Å². The van der Waals surface area contributed by atoms with Crippen molar-refractivity contribution in [3.8, 4) is 0 Å². The number of halogens is 1. The first-order chi connectivity index (χ1) is 12.0. The molecule has 2 N–H and O–H groups in total. The summed E-state index contributed by atoms with van der Waals surface area (Å²) in [5.74, 6) is 0.0492. The minimum absolute atomic E-state index is 0.0140. The average Bonchev–Trinajstić information content (AvgIpc) is 2.97. The smallest absolute Gasteiger partial charge is 0.319 e. The molecule has 2 unspecified atom stereocenters. The Morgan fingerprint density at radius 3 is 2.52 bits per heavy atom. The first-order valence-electron chi connectivity index (χ1n) is 8.20. The molecule has 2 aromatic carbocycles. The van der Waals surface area contributed by atoms with Crippen LogP contribution in [0.15, 0.2) is 54.6 Å². The molecule has 25 heavy (non-hydrogen) atoms. The summed E-state index contributed by atoms with van der Waals surface area (Å²) in [6.45, 7) is 2.51. The fourth-order valence-corrected chi connectivity index (χ4v) is 3.13. The van der Waals surface area contributed by atoms with Gasteiger partial charge in [-0.05, 0) is 36.8 Å². The number of benzene rings is 2. The van der Waals surface area contributed by atoms with E-state index in [2.05, 4.69) is 10.6 Å². The third-order valence-corrected chi connectivity index (χ3v) is 4.60. The average molecular weight is 358 g/mol. The standard InChI is InChI=1S/C19H20ClN3O2/c1-13(14-5-3-2-4-6-14)23-12-17(11-18(23)24)22-19(25)21-16-9-7-15(20)8-10-16/h2-10,13,17H,11-12H2,1H3,(H2,21,22,25). The van der Waals surface area contributed by atoms with E-state index in [4.69, 9.17) is 11.6 Å². The molecule has 0 radical (unpaired) electrons. The van der Waals surface area contributed by atoms with E-state index in [9.17, 15) is 9.59 Å². The van der Waals surface area contributed by atoms with Crippen molar-refractivity contribution in [2.45, 2.75) is 25.4 Å². The number of rotatable bonds is 4.